The molecule has 0 saturated heterocycles. The first kappa shape index (κ1) is 12.0. The van der Waals surface area contributed by atoms with Crippen LogP contribution in [0.4, 0.5) is 0 Å². The molecule has 1 aliphatic heterocycles. The Morgan fingerprint density at radius 1 is 1.37 bits per heavy atom. The lowest BCUT2D eigenvalue weighted by Crippen LogP contribution is -2.36. The van der Waals surface area contributed by atoms with E-state index in [2.05, 4.69) is 17.1 Å². The van der Waals surface area contributed by atoms with E-state index in [0.717, 1.165) is 18.7 Å². The first-order valence-corrected chi connectivity index (χ1v) is 6.47. The average Bonchev–Trinajstić information content (AvgIpc) is 2.84. The van der Waals surface area contributed by atoms with Gasteiger partial charge in [-0.25, -0.2) is 4.98 Å². The molecule has 2 heterocycles. The Morgan fingerprint density at radius 2 is 2.16 bits per heavy atom. The number of fused-ring (bicyclic) bond motifs is 1. The van der Waals surface area contributed by atoms with E-state index < -0.39 is 0 Å². The van der Waals surface area contributed by atoms with Crippen molar-refractivity contribution in [1.82, 2.24) is 9.88 Å². The Labute approximate surface area is 112 Å². The minimum absolute atomic E-state index is 0.106. The van der Waals surface area contributed by atoms with Crippen LogP contribution in [-0.2, 0) is 24.2 Å². The number of nitrogens with zero attached hydrogens (tertiary/aromatic N) is 2. The molecule has 0 radical (unpaired) electrons. The summed E-state index contributed by atoms with van der Waals surface area (Å²) in [5.74, 6) is 0.776. The fourth-order valence-electron chi connectivity index (χ4n) is 2.45. The molecule has 0 fully saturated rings. The molecule has 4 heteroatoms. The molecule has 1 aromatic carbocycles. The Kier molecular flexibility index (Phi) is 3.07. The summed E-state index contributed by atoms with van der Waals surface area (Å²) in [5, 5.41) is 0. The summed E-state index contributed by atoms with van der Waals surface area (Å²) in [7, 11) is 0. The minimum atomic E-state index is 0.106. The summed E-state index contributed by atoms with van der Waals surface area (Å²) in [6, 6.07) is 8.30. The first-order chi connectivity index (χ1) is 9.24. The molecule has 98 valence electrons. The number of hydrogen-bond donors (Lipinski definition) is 0. The zero-order valence-corrected chi connectivity index (χ0v) is 10.9. The van der Waals surface area contributed by atoms with Gasteiger partial charge in [0.05, 0.1) is 12.1 Å². The van der Waals surface area contributed by atoms with Gasteiger partial charge < -0.3 is 9.32 Å². The molecule has 19 heavy (non-hydrogen) atoms. The molecule has 0 unspecified atom stereocenters. The van der Waals surface area contributed by atoms with E-state index in [0.29, 0.717) is 18.7 Å². The van der Waals surface area contributed by atoms with E-state index >= 15 is 0 Å². The quantitative estimate of drug-likeness (QED) is 0.826. The Balaban J connectivity index is 1.71. The van der Waals surface area contributed by atoms with Crippen molar-refractivity contribution in [2.75, 3.05) is 6.54 Å². The molecule has 0 spiro atoms. The normalized spacial score (nSPS) is 14.3. The van der Waals surface area contributed by atoms with Crippen LogP contribution in [0.2, 0.25) is 0 Å². The molecule has 3 rings (SSSR count). The van der Waals surface area contributed by atoms with Gasteiger partial charge in [0.2, 0.25) is 5.91 Å². The van der Waals surface area contributed by atoms with Crippen LogP contribution in [0, 0.1) is 6.92 Å². The third kappa shape index (κ3) is 2.38. The summed E-state index contributed by atoms with van der Waals surface area (Å²) in [5.41, 5.74) is 3.39. The largest absolute Gasteiger partial charge is 0.448 e. The van der Waals surface area contributed by atoms with Gasteiger partial charge in [-0.3, -0.25) is 4.79 Å². The van der Waals surface area contributed by atoms with Crippen molar-refractivity contribution < 1.29 is 9.21 Å². The van der Waals surface area contributed by atoms with E-state index in [1.165, 1.54) is 17.5 Å². The number of rotatable bonds is 2. The third-order valence-corrected chi connectivity index (χ3v) is 3.64. The standard InChI is InChI=1S/C15H16N2O2/c1-11-14(19-10-16-11)8-15(18)17-7-6-12-4-2-3-5-13(12)9-17/h2-5,10H,6-9H2,1H3. The van der Waals surface area contributed by atoms with Crippen LogP contribution in [-0.4, -0.2) is 22.3 Å². The van der Waals surface area contributed by atoms with Crippen molar-refractivity contribution in [3.05, 3.63) is 53.2 Å². The lowest BCUT2D eigenvalue weighted by Gasteiger charge is -2.28. The van der Waals surface area contributed by atoms with Crippen LogP contribution in [0.25, 0.3) is 0 Å². The molecule has 4 nitrogen and oxygen atoms in total. The van der Waals surface area contributed by atoms with Crippen LogP contribution < -0.4 is 0 Å². The molecule has 0 atom stereocenters. The highest BCUT2D eigenvalue weighted by Gasteiger charge is 2.21. The van der Waals surface area contributed by atoms with Gasteiger partial charge in [0, 0.05) is 13.1 Å². The molecule has 1 aliphatic rings. The lowest BCUT2D eigenvalue weighted by atomic mass is 9.99. The maximum absolute atomic E-state index is 12.3. The van der Waals surface area contributed by atoms with E-state index in [1.54, 1.807) is 0 Å². The maximum atomic E-state index is 12.3. The van der Waals surface area contributed by atoms with Crippen LogP contribution >= 0.6 is 0 Å². The highest BCUT2D eigenvalue weighted by atomic mass is 16.3. The van der Waals surface area contributed by atoms with Gasteiger partial charge in [-0.1, -0.05) is 24.3 Å². The van der Waals surface area contributed by atoms with Crippen molar-refractivity contribution >= 4 is 5.91 Å². The van der Waals surface area contributed by atoms with Crippen LogP contribution in [0.3, 0.4) is 0 Å². The van der Waals surface area contributed by atoms with Gasteiger partial charge >= 0.3 is 0 Å². The number of benzene rings is 1. The summed E-state index contributed by atoms with van der Waals surface area (Å²) < 4.78 is 5.24. The van der Waals surface area contributed by atoms with Crippen LogP contribution in [0.15, 0.2) is 35.1 Å². The van der Waals surface area contributed by atoms with Gasteiger partial charge in [-0.15, -0.1) is 0 Å². The Hall–Kier alpha value is -2.10. The number of hydrogen-bond acceptors (Lipinski definition) is 3. The molecule has 1 amide bonds. The average molecular weight is 256 g/mol. The van der Waals surface area contributed by atoms with Gasteiger partial charge in [0.1, 0.15) is 5.76 Å². The summed E-state index contributed by atoms with van der Waals surface area (Å²) in [4.78, 5) is 18.2. The number of aryl methyl sites for hydroxylation is 1. The van der Waals surface area contributed by atoms with Gasteiger partial charge in [0.25, 0.3) is 0 Å². The molecular weight excluding hydrogens is 240 g/mol. The molecular formula is C15H16N2O2. The summed E-state index contributed by atoms with van der Waals surface area (Å²) in [6.45, 7) is 3.34. The minimum Gasteiger partial charge on any atom is -0.448 e. The number of carbonyl (C=O) groups is 1. The van der Waals surface area contributed by atoms with Crippen molar-refractivity contribution in [3.63, 3.8) is 0 Å². The molecule has 0 bridgehead atoms. The summed E-state index contributed by atoms with van der Waals surface area (Å²) >= 11 is 0. The predicted octanol–water partition coefficient (Wildman–Crippen LogP) is 2.11. The first-order valence-electron chi connectivity index (χ1n) is 6.47. The molecule has 0 N–H and O–H groups in total. The van der Waals surface area contributed by atoms with E-state index in [1.807, 2.05) is 24.0 Å². The monoisotopic (exact) mass is 256 g/mol. The lowest BCUT2D eigenvalue weighted by molar-refractivity contribution is -0.131. The molecule has 0 saturated carbocycles. The van der Waals surface area contributed by atoms with Gasteiger partial charge in [-0.2, -0.15) is 0 Å². The number of amides is 1. The Morgan fingerprint density at radius 3 is 2.89 bits per heavy atom. The predicted molar refractivity (Wildman–Crippen MR) is 70.5 cm³/mol. The highest BCUT2D eigenvalue weighted by molar-refractivity contribution is 5.78. The number of aromatic nitrogens is 1. The van der Waals surface area contributed by atoms with Crippen molar-refractivity contribution in [2.45, 2.75) is 26.3 Å². The smallest absolute Gasteiger partial charge is 0.230 e. The second-order valence-electron chi connectivity index (χ2n) is 4.87. The van der Waals surface area contributed by atoms with E-state index in [4.69, 9.17) is 4.42 Å². The third-order valence-electron chi connectivity index (χ3n) is 3.64. The van der Waals surface area contributed by atoms with Crippen molar-refractivity contribution in [1.29, 1.82) is 0 Å². The van der Waals surface area contributed by atoms with Gasteiger partial charge in [-0.05, 0) is 24.5 Å². The van der Waals surface area contributed by atoms with Crippen LogP contribution in [0.5, 0.6) is 0 Å². The van der Waals surface area contributed by atoms with Crippen molar-refractivity contribution in [2.24, 2.45) is 0 Å². The topological polar surface area (TPSA) is 46.3 Å². The van der Waals surface area contributed by atoms with Crippen LogP contribution in [0.1, 0.15) is 22.6 Å². The van der Waals surface area contributed by atoms with Crippen molar-refractivity contribution in [3.8, 4) is 0 Å². The second kappa shape index (κ2) is 4.88. The molecule has 2 aromatic rings. The zero-order valence-electron chi connectivity index (χ0n) is 10.9. The highest BCUT2D eigenvalue weighted by Crippen LogP contribution is 2.19. The van der Waals surface area contributed by atoms with E-state index in [-0.39, 0.29) is 5.91 Å². The summed E-state index contributed by atoms with van der Waals surface area (Å²) in [6.07, 6.45) is 2.62. The maximum Gasteiger partial charge on any atom is 0.230 e. The SMILES string of the molecule is Cc1ncoc1CC(=O)N1CCc2ccccc2C1. The van der Waals surface area contributed by atoms with E-state index in [9.17, 15) is 4.79 Å². The number of carbonyl (C=O) groups excluding carboxylic acids is 1. The second-order valence-corrected chi connectivity index (χ2v) is 4.87. The van der Waals surface area contributed by atoms with Gasteiger partial charge in [0.15, 0.2) is 6.39 Å². The molecule has 1 aromatic heterocycles. The fourth-order valence-corrected chi connectivity index (χ4v) is 2.45. The molecule has 0 aliphatic carbocycles. The Bertz CT molecular complexity index is 604. The fraction of sp³-hybridized carbons (Fsp3) is 0.333. The number of oxazole rings is 1. The zero-order chi connectivity index (χ0) is 13.2.